The highest BCUT2D eigenvalue weighted by Crippen LogP contribution is 2.35. The molecule has 0 unspecified atom stereocenters. The fraction of sp³-hybridized carbons (Fsp3) is 0.150. The van der Waals surface area contributed by atoms with Crippen molar-refractivity contribution in [2.24, 2.45) is 0 Å². The van der Waals surface area contributed by atoms with Crippen LogP contribution in [0.5, 0.6) is 5.75 Å². The van der Waals surface area contributed by atoms with Gasteiger partial charge in [-0.15, -0.1) is 11.3 Å². The lowest BCUT2D eigenvalue weighted by atomic mass is 10.2. The summed E-state index contributed by atoms with van der Waals surface area (Å²) in [5.74, 6) is -0.0770. The molecule has 0 aliphatic heterocycles. The van der Waals surface area contributed by atoms with E-state index in [0.29, 0.717) is 17.0 Å². The van der Waals surface area contributed by atoms with Crippen LogP contribution in [-0.4, -0.2) is 10.9 Å². The molecule has 29 heavy (non-hydrogen) atoms. The number of hydrogen-bond donors (Lipinski definition) is 0. The quantitative estimate of drug-likeness (QED) is 0.565. The molecule has 0 spiro atoms. The van der Waals surface area contributed by atoms with Crippen molar-refractivity contribution in [2.75, 3.05) is 4.90 Å². The molecule has 0 saturated carbocycles. The molecule has 2 aromatic carbocycles. The number of nitriles is 1. The number of hydrogen-bond acceptors (Lipinski definition) is 5. The third-order valence-corrected chi connectivity index (χ3v) is 4.74. The predicted octanol–water partition coefficient (Wildman–Crippen LogP) is 5.30. The van der Waals surface area contributed by atoms with Gasteiger partial charge in [0.2, 0.25) is 5.91 Å². The van der Waals surface area contributed by atoms with Gasteiger partial charge in [0.15, 0.2) is 5.13 Å². The van der Waals surface area contributed by atoms with Gasteiger partial charge in [0.1, 0.15) is 18.4 Å². The number of rotatable bonds is 5. The second-order valence-corrected chi connectivity index (χ2v) is 6.76. The number of para-hydroxylation sites is 1. The van der Waals surface area contributed by atoms with Crippen molar-refractivity contribution in [3.8, 4) is 11.8 Å². The van der Waals surface area contributed by atoms with Crippen LogP contribution < -0.4 is 9.64 Å². The first-order chi connectivity index (χ1) is 13.8. The second kappa shape index (κ2) is 8.32. The smallest absolute Gasteiger partial charge is 0.416 e. The van der Waals surface area contributed by atoms with Crippen LogP contribution in [0.25, 0.3) is 0 Å². The molecule has 9 heteroatoms. The maximum absolute atomic E-state index is 13.0. The van der Waals surface area contributed by atoms with E-state index < -0.39 is 17.6 Å². The first-order valence-electron chi connectivity index (χ1n) is 8.34. The first kappa shape index (κ1) is 20.4. The summed E-state index contributed by atoms with van der Waals surface area (Å²) in [6.45, 7) is 1.30. The number of halogens is 3. The molecule has 1 amide bonds. The average Bonchev–Trinajstić information content (AvgIpc) is 3.14. The number of carbonyl (C=O) groups excluding carboxylic acids is 1. The topological polar surface area (TPSA) is 66.2 Å². The van der Waals surface area contributed by atoms with Crippen LogP contribution in [0.2, 0.25) is 0 Å². The van der Waals surface area contributed by atoms with Gasteiger partial charge in [0.25, 0.3) is 0 Å². The maximum atomic E-state index is 13.0. The van der Waals surface area contributed by atoms with Crippen molar-refractivity contribution >= 4 is 28.1 Å². The van der Waals surface area contributed by atoms with Crippen molar-refractivity contribution < 1.29 is 22.7 Å². The van der Waals surface area contributed by atoms with E-state index in [1.54, 1.807) is 29.6 Å². The maximum Gasteiger partial charge on any atom is 0.416 e. The van der Waals surface area contributed by atoms with Gasteiger partial charge in [-0.05, 0) is 30.3 Å². The Labute approximate surface area is 168 Å². The first-order valence-corrected chi connectivity index (χ1v) is 9.22. The van der Waals surface area contributed by atoms with E-state index in [4.69, 9.17) is 10.00 Å². The zero-order valence-corrected chi connectivity index (χ0v) is 15.9. The van der Waals surface area contributed by atoms with Crippen molar-refractivity contribution in [2.45, 2.75) is 19.7 Å². The molecule has 0 N–H and O–H groups in total. The van der Waals surface area contributed by atoms with Crippen LogP contribution >= 0.6 is 11.3 Å². The number of nitrogens with zero attached hydrogens (tertiary/aromatic N) is 3. The van der Waals surface area contributed by atoms with Gasteiger partial charge in [0.05, 0.1) is 22.5 Å². The Bertz CT molecular complexity index is 1070. The fourth-order valence-electron chi connectivity index (χ4n) is 2.55. The summed E-state index contributed by atoms with van der Waals surface area (Å²) in [4.78, 5) is 17.5. The largest absolute Gasteiger partial charge is 0.486 e. The van der Waals surface area contributed by atoms with Gasteiger partial charge in [0, 0.05) is 12.3 Å². The van der Waals surface area contributed by atoms with Crippen LogP contribution in [-0.2, 0) is 17.6 Å². The number of aromatic nitrogens is 1. The number of amides is 1. The Kier molecular flexibility index (Phi) is 5.84. The molecular formula is C20H14F3N3O2S. The van der Waals surface area contributed by atoms with E-state index in [-0.39, 0.29) is 17.4 Å². The molecule has 0 radical (unpaired) electrons. The Balaban J connectivity index is 1.83. The lowest BCUT2D eigenvalue weighted by molar-refractivity contribution is -0.137. The zero-order valence-electron chi connectivity index (χ0n) is 15.1. The number of carbonyl (C=O) groups is 1. The summed E-state index contributed by atoms with van der Waals surface area (Å²) in [6.07, 6.45) is -4.52. The second-order valence-electron chi connectivity index (χ2n) is 5.92. The Morgan fingerprint density at radius 1 is 1.24 bits per heavy atom. The van der Waals surface area contributed by atoms with Gasteiger partial charge in [-0.3, -0.25) is 9.69 Å². The van der Waals surface area contributed by atoms with Crippen molar-refractivity contribution in [1.29, 1.82) is 5.26 Å². The molecule has 0 saturated heterocycles. The van der Waals surface area contributed by atoms with E-state index in [1.807, 2.05) is 6.07 Å². The number of benzene rings is 2. The highest BCUT2D eigenvalue weighted by Gasteiger charge is 2.31. The summed E-state index contributed by atoms with van der Waals surface area (Å²) < 4.78 is 44.6. The van der Waals surface area contributed by atoms with Gasteiger partial charge in [-0.1, -0.05) is 18.2 Å². The molecule has 3 rings (SSSR count). The highest BCUT2D eigenvalue weighted by molar-refractivity contribution is 7.14. The molecule has 0 bridgehead atoms. The minimum atomic E-state index is -4.52. The summed E-state index contributed by atoms with van der Waals surface area (Å²) in [7, 11) is 0. The van der Waals surface area contributed by atoms with Crippen LogP contribution in [0.4, 0.5) is 24.0 Å². The minimum Gasteiger partial charge on any atom is -0.486 e. The lowest BCUT2D eigenvalue weighted by Crippen LogP contribution is -2.23. The Hall–Kier alpha value is -3.38. The normalized spacial score (nSPS) is 11.0. The third-order valence-electron chi connectivity index (χ3n) is 3.86. The third kappa shape index (κ3) is 4.73. The molecule has 3 aromatic rings. The van der Waals surface area contributed by atoms with E-state index >= 15 is 0 Å². The van der Waals surface area contributed by atoms with Crippen LogP contribution in [0.3, 0.4) is 0 Å². The molecule has 148 valence electrons. The number of ether oxygens (including phenoxy) is 1. The highest BCUT2D eigenvalue weighted by atomic mass is 32.1. The monoisotopic (exact) mass is 417 g/mol. The summed E-state index contributed by atoms with van der Waals surface area (Å²) in [5, 5.41) is 11.0. The molecule has 0 atom stereocenters. The fourth-order valence-corrected chi connectivity index (χ4v) is 3.42. The van der Waals surface area contributed by atoms with E-state index in [1.165, 1.54) is 19.1 Å². The molecule has 1 heterocycles. The van der Waals surface area contributed by atoms with Crippen molar-refractivity contribution in [1.82, 2.24) is 4.98 Å². The van der Waals surface area contributed by atoms with Crippen molar-refractivity contribution in [3.63, 3.8) is 0 Å². The van der Waals surface area contributed by atoms with Gasteiger partial charge >= 0.3 is 6.18 Å². The number of anilines is 2. The van der Waals surface area contributed by atoms with E-state index in [0.717, 1.165) is 28.4 Å². The molecule has 0 fully saturated rings. The number of alkyl halides is 3. The van der Waals surface area contributed by atoms with E-state index in [2.05, 4.69) is 4.98 Å². The Morgan fingerprint density at radius 3 is 2.69 bits per heavy atom. The molecule has 0 aliphatic rings. The van der Waals surface area contributed by atoms with E-state index in [9.17, 15) is 18.0 Å². The number of thiazole rings is 1. The predicted molar refractivity (Wildman–Crippen MR) is 102 cm³/mol. The SMILES string of the molecule is CC(=O)N(c1cccc(C(F)(F)F)c1)c1nc(COc2ccccc2C#N)cs1. The van der Waals surface area contributed by atoms with Gasteiger partial charge in [-0.2, -0.15) is 18.4 Å². The van der Waals surface area contributed by atoms with Gasteiger partial charge in [-0.25, -0.2) is 4.98 Å². The summed E-state index contributed by atoms with van der Waals surface area (Å²) >= 11 is 1.11. The summed E-state index contributed by atoms with van der Waals surface area (Å²) in [6, 6.07) is 13.2. The molecule has 5 nitrogen and oxygen atoms in total. The standard InChI is InChI=1S/C20H14F3N3O2S/c1-13(27)26(17-7-4-6-15(9-17)20(21,22)23)19-25-16(12-29-19)11-28-18-8-3-2-5-14(18)10-24/h2-9,12H,11H2,1H3. The van der Waals surface area contributed by atoms with Crippen LogP contribution in [0, 0.1) is 11.3 Å². The molecule has 0 aliphatic carbocycles. The van der Waals surface area contributed by atoms with Crippen LogP contribution in [0.15, 0.2) is 53.9 Å². The lowest BCUT2D eigenvalue weighted by Gasteiger charge is -2.19. The zero-order chi connectivity index (χ0) is 21.0. The average molecular weight is 417 g/mol. The van der Waals surface area contributed by atoms with Gasteiger partial charge < -0.3 is 4.74 Å². The van der Waals surface area contributed by atoms with Crippen LogP contribution in [0.1, 0.15) is 23.7 Å². The minimum absolute atomic E-state index is 0.0452. The Morgan fingerprint density at radius 2 is 2.00 bits per heavy atom. The van der Waals surface area contributed by atoms with Crippen molar-refractivity contribution in [3.05, 3.63) is 70.7 Å². The molecule has 1 aromatic heterocycles. The summed E-state index contributed by atoms with van der Waals surface area (Å²) in [5.41, 5.74) is 0.0756. The molecular weight excluding hydrogens is 403 g/mol.